The van der Waals surface area contributed by atoms with Gasteiger partial charge in [0.25, 0.3) is 0 Å². The molecule has 0 aliphatic carbocycles. The SMILES string of the molecule is CC(=O)C=C1SC(=NC(F)(F)F)C(=NC(F)(F)F)N1c1ccccc1. The summed E-state index contributed by atoms with van der Waals surface area (Å²) in [5.74, 6) is -1.60. The van der Waals surface area contributed by atoms with Crippen molar-refractivity contribution < 1.29 is 31.1 Å². The summed E-state index contributed by atoms with van der Waals surface area (Å²) in [6, 6.07) is 7.28. The standard InChI is InChI=1S/C14H9F6N3OS/c1-8(24)7-10-23(9-5-3-2-4-6-9)11(21-13(15,16)17)12(25-10)22-14(18,19)20/h2-7H,1H3. The van der Waals surface area contributed by atoms with Crippen LogP contribution in [0.15, 0.2) is 51.4 Å². The van der Waals surface area contributed by atoms with Gasteiger partial charge in [-0.2, -0.15) is 9.98 Å². The lowest BCUT2D eigenvalue weighted by atomic mass is 10.3. The van der Waals surface area contributed by atoms with E-state index in [0.717, 1.165) is 17.9 Å². The zero-order chi connectivity index (χ0) is 18.8. The van der Waals surface area contributed by atoms with Crippen molar-refractivity contribution in [2.45, 2.75) is 19.5 Å². The van der Waals surface area contributed by atoms with Gasteiger partial charge in [0.15, 0.2) is 11.6 Å². The molecule has 0 amide bonds. The second-order valence-electron chi connectivity index (χ2n) is 4.65. The van der Waals surface area contributed by atoms with Gasteiger partial charge in [-0.1, -0.05) is 18.2 Å². The van der Waals surface area contributed by atoms with E-state index in [2.05, 4.69) is 9.98 Å². The molecule has 0 atom stereocenters. The number of benzene rings is 1. The van der Waals surface area contributed by atoms with Crippen molar-refractivity contribution in [3.63, 3.8) is 0 Å². The van der Waals surface area contributed by atoms with Crippen LogP contribution in [-0.2, 0) is 4.79 Å². The van der Waals surface area contributed by atoms with Gasteiger partial charge in [0.1, 0.15) is 5.04 Å². The first kappa shape index (κ1) is 19.0. The molecule has 1 heterocycles. The smallest absolute Gasteiger partial charge is 0.295 e. The highest BCUT2D eigenvalue weighted by molar-refractivity contribution is 8.20. The maximum atomic E-state index is 12.7. The summed E-state index contributed by atoms with van der Waals surface area (Å²) in [5, 5.41) is -1.16. The van der Waals surface area contributed by atoms with Crippen LogP contribution in [0.1, 0.15) is 6.92 Å². The topological polar surface area (TPSA) is 45.0 Å². The Labute approximate surface area is 141 Å². The average molecular weight is 381 g/mol. The molecule has 0 unspecified atom stereocenters. The molecule has 134 valence electrons. The summed E-state index contributed by atoms with van der Waals surface area (Å²) >= 11 is 0.283. The first-order valence-corrected chi connectivity index (χ1v) is 7.37. The molecule has 1 aliphatic rings. The fourth-order valence-electron chi connectivity index (χ4n) is 1.89. The Bertz CT molecular complexity index is 752. The Morgan fingerprint density at radius 3 is 2.08 bits per heavy atom. The lowest BCUT2D eigenvalue weighted by Crippen LogP contribution is -2.30. The van der Waals surface area contributed by atoms with Gasteiger partial charge in [0.05, 0.1) is 5.03 Å². The number of carbonyl (C=O) groups excluding carboxylic acids is 1. The Hall–Kier alpha value is -2.30. The van der Waals surface area contributed by atoms with E-state index in [9.17, 15) is 31.1 Å². The zero-order valence-electron chi connectivity index (χ0n) is 12.4. The fourth-order valence-corrected chi connectivity index (χ4v) is 2.97. The van der Waals surface area contributed by atoms with Gasteiger partial charge in [-0.25, -0.2) is 0 Å². The highest BCUT2D eigenvalue weighted by atomic mass is 32.2. The molecule has 1 fully saturated rings. The first-order valence-electron chi connectivity index (χ1n) is 6.55. The van der Waals surface area contributed by atoms with Crippen LogP contribution >= 0.6 is 11.8 Å². The van der Waals surface area contributed by atoms with Crippen molar-refractivity contribution in [2.75, 3.05) is 4.90 Å². The van der Waals surface area contributed by atoms with Gasteiger partial charge in [-0.3, -0.25) is 9.69 Å². The maximum Gasteiger partial charge on any atom is 0.505 e. The summed E-state index contributed by atoms with van der Waals surface area (Å²) in [6.45, 7) is 1.12. The minimum absolute atomic E-state index is 0.109. The van der Waals surface area contributed by atoms with Crippen molar-refractivity contribution in [1.29, 1.82) is 0 Å². The molecular weight excluding hydrogens is 372 g/mol. The van der Waals surface area contributed by atoms with Crippen LogP contribution in [0.25, 0.3) is 0 Å². The van der Waals surface area contributed by atoms with Gasteiger partial charge in [-0.15, -0.1) is 26.3 Å². The highest BCUT2D eigenvalue weighted by Crippen LogP contribution is 2.39. The number of carbonyl (C=O) groups is 1. The largest absolute Gasteiger partial charge is 0.505 e. The second-order valence-corrected chi connectivity index (χ2v) is 5.66. The molecule has 25 heavy (non-hydrogen) atoms. The van der Waals surface area contributed by atoms with E-state index < -0.39 is 29.3 Å². The molecule has 0 aromatic heterocycles. The van der Waals surface area contributed by atoms with Gasteiger partial charge >= 0.3 is 12.6 Å². The molecule has 0 saturated carbocycles. The molecule has 11 heteroatoms. The highest BCUT2D eigenvalue weighted by Gasteiger charge is 2.41. The molecule has 0 N–H and O–H groups in total. The lowest BCUT2D eigenvalue weighted by Gasteiger charge is -2.19. The van der Waals surface area contributed by atoms with Gasteiger partial charge in [0.2, 0.25) is 0 Å². The molecule has 1 aromatic rings. The lowest BCUT2D eigenvalue weighted by molar-refractivity contribution is -0.121. The normalized spacial score (nSPS) is 20.8. The number of rotatable bonds is 2. The third-order valence-corrected chi connectivity index (χ3v) is 3.60. The third-order valence-electron chi connectivity index (χ3n) is 2.63. The number of hydrogen-bond acceptors (Lipinski definition) is 4. The predicted molar refractivity (Wildman–Crippen MR) is 82.3 cm³/mol. The van der Waals surface area contributed by atoms with Crippen molar-refractivity contribution in [2.24, 2.45) is 9.98 Å². The average Bonchev–Trinajstić information content (AvgIpc) is 2.72. The van der Waals surface area contributed by atoms with Crippen molar-refractivity contribution in [3.8, 4) is 0 Å². The number of alkyl halides is 6. The molecular formula is C14H9F6N3OS. The molecule has 1 aromatic carbocycles. The molecule has 1 aliphatic heterocycles. The number of amidine groups is 1. The molecule has 0 radical (unpaired) electrons. The summed E-state index contributed by atoms with van der Waals surface area (Å²) in [5.41, 5.74) is 0.109. The summed E-state index contributed by atoms with van der Waals surface area (Å²) in [4.78, 5) is 16.9. The van der Waals surface area contributed by atoms with E-state index in [1.165, 1.54) is 24.3 Å². The van der Waals surface area contributed by atoms with Gasteiger partial charge < -0.3 is 0 Å². The maximum absolute atomic E-state index is 12.7. The number of ketones is 1. The Morgan fingerprint density at radius 2 is 1.60 bits per heavy atom. The Morgan fingerprint density at radius 1 is 1.04 bits per heavy atom. The number of nitrogens with zero attached hydrogens (tertiary/aromatic N) is 3. The molecule has 4 nitrogen and oxygen atoms in total. The number of para-hydroxylation sites is 1. The number of thioether (sulfide) groups is 1. The van der Waals surface area contributed by atoms with Crippen LogP contribution < -0.4 is 4.90 Å². The van der Waals surface area contributed by atoms with E-state index in [1.54, 1.807) is 6.07 Å². The Kier molecular flexibility index (Phi) is 5.26. The number of hydrogen-bond donors (Lipinski definition) is 0. The minimum Gasteiger partial charge on any atom is -0.295 e. The van der Waals surface area contributed by atoms with Crippen LogP contribution in [0.3, 0.4) is 0 Å². The van der Waals surface area contributed by atoms with Gasteiger partial charge in [-0.05, 0) is 30.8 Å². The number of halogens is 6. The Balaban J connectivity index is 2.69. The van der Waals surface area contributed by atoms with E-state index >= 15 is 0 Å². The first-order chi connectivity index (χ1) is 11.5. The number of aliphatic imine (C=N–C) groups is 2. The minimum atomic E-state index is -5.12. The summed E-state index contributed by atoms with van der Waals surface area (Å²) in [6.07, 6.45) is -9.30. The second kappa shape index (κ2) is 6.90. The van der Waals surface area contributed by atoms with Crippen molar-refractivity contribution in [3.05, 3.63) is 41.4 Å². The quantitative estimate of drug-likeness (QED) is 0.430. The van der Waals surface area contributed by atoms with E-state index in [4.69, 9.17) is 0 Å². The van der Waals surface area contributed by atoms with Crippen LogP contribution in [0.4, 0.5) is 32.0 Å². The molecule has 2 rings (SSSR count). The van der Waals surface area contributed by atoms with E-state index in [0.29, 0.717) is 0 Å². The summed E-state index contributed by atoms with van der Waals surface area (Å²) < 4.78 is 76.0. The van der Waals surface area contributed by atoms with Gasteiger partial charge in [0, 0.05) is 11.8 Å². The van der Waals surface area contributed by atoms with Crippen LogP contribution in [0.2, 0.25) is 0 Å². The zero-order valence-corrected chi connectivity index (χ0v) is 13.2. The fraction of sp³-hybridized carbons (Fsp3) is 0.214. The number of allylic oxidation sites excluding steroid dienone is 1. The molecule has 0 spiro atoms. The summed E-state index contributed by atoms with van der Waals surface area (Å²) in [7, 11) is 0. The number of anilines is 1. The van der Waals surface area contributed by atoms with Crippen LogP contribution in [0, 0.1) is 0 Å². The van der Waals surface area contributed by atoms with Crippen LogP contribution in [-0.4, -0.2) is 29.3 Å². The predicted octanol–water partition coefficient (Wildman–Crippen LogP) is 4.51. The van der Waals surface area contributed by atoms with E-state index in [1.807, 2.05) is 0 Å². The monoisotopic (exact) mass is 381 g/mol. The van der Waals surface area contributed by atoms with Crippen molar-refractivity contribution >= 4 is 34.1 Å². The van der Waals surface area contributed by atoms with E-state index in [-0.39, 0.29) is 22.5 Å². The molecule has 0 bridgehead atoms. The third kappa shape index (κ3) is 5.34. The van der Waals surface area contributed by atoms with Crippen LogP contribution in [0.5, 0.6) is 0 Å². The van der Waals surface area contributed by atoms with Crippen molar-refractivity contribution in [1.82, 2.24) is 0 Å². The molecule has 1 saturated heterocycles.